The number of ether oxygens (including phenoxy) is 1. The molecule has 1 aliphatic carbocycles. The second kappa shape index (κ2) is 7.02. The highest BCUT2D eigenvalue weighted by Crippen LogP contribution is 2.65. The number of rotatable bonds is 4. The Hall–Kier alpha value is -2.52. The zero-order valence-corrected chi connectivity index (χ0v) is 16.9. The molecule has 6 nitrogen and oxygen atoms in total. The van der Waals surface area contributed by atoms with E-state index in [1.807, 2.05) is 0 Å². The van der Waals surface area contributed by atoms with Gasteiger partial charge in [-0.3, -0.25) is 4.79 Å². The lowest BCUT2D eigenvalue weighted by molar-refractivity contribution is -0.0163. The molecule has 3 unspecified atom stereocenters. The van der Waals surface area contributed by atoms with Gasteiger partial charge in [-0.15, -0.1) is 0 Å². The van der Waals surface area contributed by atoms with Gasteiger partial charge in [-0.25, -0.2) is 23.1 Å². The molecule has 2 aliphatic rings. The van der Waals surface area contributed by atoms with Gasteiger partial charge in [0.05, 0.1) is 10.0 Å². The van der Waals surface area contributed by atoms with Gasteiger partial charge in [0.15, 0.2) is 5.54 Å². The molecule has 2 heterocycles. The Morgan fingerprint density at radius 3 is 2.77 bits per heavy atom. The molecular weight excluding hydrogens is 444 g/mol. The number of benzene rings is 1. The Morgan fingerprint density at radius 2 is 2.10 bits per heavy atom. The van der Waals surface area contributed by atoms with E-state index >= 15 is 0 Å². The number of nitrogens with two attached hydrogens (primary N) is 1. The van der Waals surface area contributed by atoms with Gasteiger partial charge >= 0.3 is 0 Å². The third kappa shape index (κ3) is 3.07. The summed E-state index contributed by atoms with van der Waals surface area (Å²) in [5, 5.41) is 2.72. The zero-order valence-electron chi connectivity index (χ0n) is 15.4. The molecule has 11 heteroatoms. The number of aliphatic imine (C=N–C) groups is 1. The van der Waals surface area contributed by atoms with Crippen LogP contribution in [0.4, 0.5) is 18.9 Å². The number of nitrogens with one attached hydrogen (secondary N) is 1. The van der Waals surface area contributed by atoms with Gasteiger partial charge in [0, 0.05) is 22.9 Å². The first-order chi connectivity index (χ1) is 14.1. The number of fused-ring (bicyclic) bond motifs is 1. The highest BCUT2D eigenvalue weighted by Gasteiger charge is 2.73. The Labute approximate surface area is 179 Å². The minimum absolute atomic E-state index is 0.00141. The summed E-state index contributed by atoms with van der Waals surface area (Å²) < 4.78 is 48.8. The summed E-state index contributed by atoms with van der Waals surface area (Å²) in [5.41, 5.74) is 1.76. The Morgan fingerprint density at radius 1 is 1.37 bits per heavy atom. The summed E-state index contributed by atoms with van der Waals surface area (Å²) in [6.07, 6.45) is -2.19. The number of aromatic nitrogens is 1. The van der Waals surface area contributed by atoms with Crippen LogP contribution in [0.15, 0.2) is 35.5 Å². The zero-order chi connectivity index (χ0) is 21.8. The molecular formula is C19H15Cl2F3N4O2. The average Bonchev–Trinajstić information content (AvgIpc) is 3.33. The van der Waals surface area contributed by atoms with Crippen molar-refractivity contribution in [3.05, 3.63) is 57.6 Å². The van der Waals surface area contributed by atoms with Crippen LogP contribution >= 0.6 is 23.2 Å². The fourth-order valence-electron chi connectivity index (χ4n) is 3.82. The lowest BCUT2D eigenvalue weighted by atomic mass is 9.75. The molecule has 0 bridgehead atoms. The molecule has 30 heavy (non-hydrogen) atoms. The van der Waals surface area contributed by atoms with Crippen LogP contribution in [0.5, 0.6) is 0 Å². The van der Waals surface area contributed by atoms with E-state index in [0.29, 0.717) is 0 Å². The standard InChI is InChI=1S/C19H15Cl2F3N4O2/c1-18-6-13(18)30-17(25)28-19(18,16(23)24)10-5-9(2-3-12(10)22)27-15(29)14-11(21)4-8(20)7-26-14/h2-5,7,13,16H,6H2,1H3,(H2,25,28)(H,27,29). The van der Waals surface area contributed by atoms with Gasteiger partial charge in [-0.1, -0.05) is 30.1 Å². The van der Waals surface area contributed by atoms with E-state index in [2.05, 4.69) is 15.3 Å². The van der Waals surface area contributed by atoms with Crippen molar-refractivity contribution < 1.29 is 22.7 Å². The van der Waals surface area contributed by atoms with Crippen LogP contribution in [-0.4, -0.2) is 29.4 Å². The van der Waals surface area contributed by atoms with E-state index in [4.69, 9.17) is 33.7 Å². The molecule has 0 spiro atoms. The van der Waals surface area contributed by atoms with Crippen molar-refractivity contribution in [2.75, 3.05) is 5.32 Å². The van der Waals surface area contributed by atoms with Crippen LogP contribution in [-0.2, 0) is 10.3 Å². The van der Waals surface area contributed by atoms with Crippen molar-refractivity contribution >= 4 is 40.8 Å². The number of amides is 1. The van der Waals surface area contributed by atoms with Gasteiger partial charge in [-0.05, 0) is 30.7 Å². The monoisotopic (exact) mass is 458 g/mol. The highest BCUT2D eigenvalue weighted by atomic mass is 35.5. The fourth-order valence-corrected chi connectivity index (χ4v) is 4.29. The Bertz CT molecular complexity index is 1080. The largest absolute Gasteiger partial charge is 0.461 e. The molecule has 1 aromatic heterocycles. The number of anilines is 1. The molecule has 1 saturated carbocycles. The molecule has 2 aromatic rings. The van der Waals surface area contributed by atoms with Gasteiger partial charge in [-0.2, -0.15) is 0 Å². The number of hydrogen-bond acceptors (Lipinski definition) is 5. The summed E-state index contributed by atoms with van der Waals surface area (Å²) in [4.78, 5) is 20.2. The van der Waals surface area contributed by atoms with Crippen molar-refractivity contribution in [2.45, 2.75) is 31.4 Å². The number of amidine groups is 1. The summed E-state index contributed by atoms with van der Waals surface area (Å²) in [6.45, 7) is 1.54. The molecule has 0 saturated heterocycles. The molecule has 1 amide bonds. The minimum atomic E-state index is -3.07. The van der Waals surface area contributed by atoms with E-state index in [1.165, 1.54) is 18.3 Å². The number of nitrogens with zero attached hydrogens (tertiary/aromatic N) is 2. The maximum absolute atomic E-state index is 14.8. The van der Waals surface area contributed by atoms with Crippen LogP contribution in [0.3, 0.4) is 0 Å². The minimum Gasteiger partial charge on any atom is -0.461 e. The molecule has 158 valence electrons. The van der Waals surface area contributed by atoms with Crippen LogP contribution in [0.2, 0.25) is 10.0 Å². The smallest absolute Gasteiger partial charge is 0.283 e. The summed E-state index contributed by atoms with van der Waals surface area (Å²) in [6, 6.07) is 4.24. The highest BCUT2D eigenvalue weighted by molar-refractivity contribution is 6.36. The van der Waals surface area contributed by atoms with Crippen molar-refractivity contribution in [1.29, 1.82) is 0 Å². The van der Waals surface area contributed by atoms with Gasteiger partial charge in [0.1, 0.15) is 17.6 Å². The number of alkyl halides is 2. The number of hydrogen-bond donors (Lipinski definition) is 2. The van der Waals surface area contributed by atoms with E-state index in [-0.39, 0.29) is 33.4 Å². The van der Waals surface area contributed by atoms with Gasteiger partial charge in [0.25, 0.3) is 18.4 Å². The van der Waals surface area contributed by atoms with Crippen LogP contribution in [0, 0.1) is 11.2 Å². The van der Waals surface area contributed by atoms with Crippen molar-refractivity contribution in [2.24, 2.45) is 16.1 Å². The average molecular weight is 459 g/mol. The van der Waals surface area contributed by atoms with Crippen LogP contribution < -0.4 is 11.1 Å². The lowest BCUT2D eigenvalue weighted by Gasteiger charge is -2.39. The van der Waals surface area contributed by atoms with Crippen LogP contribution in [0.1, 0.15) is 29.4 Å². The first kappa shape index (κ1) is 20.7. The topological polar surface area (TPSA) is 89.6 Å². The first-order valence-corrected chi connectivity index (χ1v) is 9.56. The normalized spacial score (nSPS) is 27.2. The second-order valence-corrected chi connectivity index (χ2v) is 8.22. The number of carbonyl (C=O) groups excluding carboxylic acids is 1. The quantitative estimate of drug-likeness (QED) is 0.711. The first-order valence-electron chi connectivity index (χ1n) is 8.81. The Kier molecular flexibility index (Phi) is 4.85. The number of halogens is 5. The van der Waals surface area contributed by atoms with E-state index in [0.717, 1.165) is 12.1 Å². The fraction of sp³-hybridized carbons (Fsp3) is 0.316. The third-order valence-corrected chi connectivity index (χ3v) is 6.05. The summed E-state index contributed by atoms with van der Waals surface area (Å²) >= 11 is 11.7. The number of carbonyl (C=O) groups is 1. The predicted octanol–water partition coefficient (Wildman–Crippen LogP) is 4.36. The van der Waals surface area contributed by atoms with Crippen LogP contribution in [0.25, 0.3) is 0 Å². The molecule has 3 atom stereocenters. The predicted molar refractivity (Wildman–Crippen MR) is 106 cm³/mol. The lowest BCUT2D eigenvalue weighted by Crippen LogP contribution is -2.48. The molecule has 1 fully saturated rings. The maximum atomic E-state index is 14.8. The molecule has 0 radical (unpaired) electrons. The van der Waals surface area contributed by atoms with E-state index < -0.39 is 41.2 Å². The molecule has 1 aromatic carbocycles. The SMILES string of the molecule is CC12CC1OC(N)=NC2(c1cc(NC(=O)c2ncc(Cl)cc2Cl)ccc1F)C(F)F. The third-order valence-electron chi connectivity index (χ3n) is 5.55. The molecule has 1 aliphatic heterocycles. The molecule has 4 rings (SSSR count). The number of pyridine rings is 1. The van der Waals surface area contributed by atoms with E-state index in [9.17, 15) is 18.0 Å². The van der Waals surface area contributed by atoms with Gasteiger partial charge < -0.3 is 15.8 Å². The summed E-state index contributed by atoms with van der Waals surface area (Å²) in [5.74, 6) is -1.62. The molecule has 3 N–H and O–H groups in total. The second-order valence-electron chi connectivity index (χ2n) is 7.38. The Balaban J connectivity index is 1.75. The van der Waals surface area contributed by atoms with Gasteiger partial charge in [0.2, 0.25) is 0 Å². The summed E-state index contributed by atoms with van der Waals surface area (Å²) in [7, 11) is 0. The van der Waals surface area contributed by atoms with E-state index in [1.54, 1.807) is 6.92 Å². The van der Waals surface area contributed by atoms with Crippen molar-refractivity contribution in [3.63, 3.8) is 0 Å². The van der Waals surface area contributed by atoms with Crippen molar-refractivity contribution in [1.82, 2.24) is 4.98 Å². The maximum Gasteiger partial charge on any atom is 0.283 e. The van der Waals surface area contributed by atoms with Crippen molar-refractivity contribution in [3.8, 4) is 0 Å².